The van der Waals surface area contributed by atoms with Gasteiger partial charge in [0.05, 0.1) is 10.9 Å². The van der Waals surface area contributed by atoms with Crippen molar-refractivity contribution in [2.75, 3.05) is 5.75 Å². The molecule has 0 bridgehead atoms. The van der Waals surface area contributed by atoms with E-state index in [-0.39, 0.29) is 10.9 Å². The summed E-state index contributed by atoms with van der Waals surface area (Å²) in [5.41, 5.74) is 0. The second kappa shape index (κ2) is 5.04. The molecule has 2 rings (SSSR count). The number of hydrogen-bond acceptors (Lipinski definition) is 0. The highest BCUT2D eigenvalue weighted by Gasteiger charge is 2.21. The monoisotopic (exact) mass is 215 g/mol. The van der Waals surface area contributed by atoms with Crippen LogP contribution in [0, 0.1) is 0 Å². The van der Waals surface area contributed by atoms with Gasteiger partial charge in [-0.1, -0.05) is 36.4 Å². The topological polar surface area (TPSA) is 0 Å². The third-order valence-corrected chi connectivity index (χ3v) is 4.60. The van der Waals surface area contributed by atoms with E-state index in [1.54, 1.807) is 0 Å². The molecular weight excluding hydrogens is 200 g/mol. The first-order valence-electron chi connectivity index (χ1n) is 5.23. The molecule has 76 valence electrons. The smallest absolute Gasteiger partial charge is 0.0619 e. The molecule has 0 aromatic heterocycles. The summed E-state index contributed by atoms with van der Waals surface area (Å²) < 4.78 is 0. The van der Waals surface area contributed by atoms with Crippen molar-refractivity contribution in [2.24, 2.45) is 0 Å². The first-order chi connectivity index (χ1) is 7.42. The van der Waals surface area contributed by atoms with Crippen LogP contribution < -0.4 is 0 Å². The van der Waals surface area contributed by atoms with Crippen LogP contribution in [0.4, 0.5) is 0 Å². The van der Waals surface area contributed by atoms with E-state index in [4.69, 9.17) is 0 Å². The maximum absolute atomic E-state index is 2.25. The van der Waals surface area contributed by atoms with E-state index in [1.165, 1.54) is 15.5 Å². The molecule has 0 saturated heterocycles. The highest BCUT2D eigenvalue weighted by molar-refractivity contribution is 7.97. The van der Waals surface area contributed by atoms with Gasteiger partial charge in [-0.25, -0.2) is 0 Å². The minimum atomic E-state index is 0.242. The highest BCUT2D eigenvalue weighted by atomic mass is 32.2. The van der Waals surface area contributed by atoms with Crippen molar-refractivity contribution in [1.82, 2.24) is 0 Å². The largest absolute Gasteiger partial charge is 0.160 e. The summed E-state index contributed by atoms with van der Waals surface area (Å²) in [6, 6.07) is 21.5. The third-order valence-electron chi connectivity index (χ3n) is 2.34. The molecule has 0 aliphatic carbocycles. The first kappa shape index (κ1) is 10.3. The third kappa shape index (κ3) is 2.42. The lowest BCUT2D eigenvalue weighted by Crippen LogP contribution is -2.05. The zero-order valence-corrected chi connectivity index (χ0v) is 9.71. The predicted molar refractivity (Wildman–Crippen MR) is 67.3 cm³/mol. The van der Waals surface area contributed by atoms with E-state index in [1.807, 2.05) is 0 Å². The Morgan fingerprint density at radius 2 is 1.13 bits per heavy atom. The maximum atomic E-state index is 2.25. The summed E-state index contributed by atoms with van der Waals surface area (Å²) in [7, 11) is 0.242. The number of benzene rings is 2. The Balaban J connectivity index is 2.34. The van der Waals surface area contributed by atoms with Gasteiger partial charge in [-0.15, -0.1) is 0 Å². The van der Waals surface area contributed by atoms with E-state index >= 15 is 0 Å². The fourth-order valence-corrected chi connectivity index (χ4v) is 3.55. The van der Waals surface area contributed by atoms with Crippen LogP contribution >= 0.6 is 0 Å². The van der Waals surface area contributed by atoms with Crippen molar-refractivity contribution < 1.29 is 0 Å². The van der Waals surface area contributed by atoms with E-state index in [2.05, 4.69) is 67.6 Å². The van der Waals surface area contributed by atoms with Gasteiger partial charge in [-0.3, -0.25) is 0 Å². The second-order valence-electron chi connectivity index (χ2n) is 3.31. The molecule has 0 saturated carbocycles. The van der Waals surface area contributed by atoms with Crippen molar-refractivity contribution in [2.45, 2.75) is 16.7 Å². The molecule has 0 spiro atoms. The number of hydrogen-bond donors (Lipinski definition) is 0. The summed E-state index contributed by atoms with van der Waals surface area (Å²) in [6.07, 6.45) is 0. The van der Waals surface area contributed by atoms with Crippen LogP contribution in [0.5, 0.6) is 0 Å². The van der Waals surface area contributed by atoms with Gasteiger partial charge < -0.3 is 0 Å². The number of rotatable bonds is 3. The molecule has 0 heterocycles. The lowest BCUT2D eigenvalue weighted by atomic mass is 10.4. The van der Waals surface area contributed by atoms with Gasteiger partial charge in [-0.2, -0.15) is 0 Å². The van der Waals surface area contributed by atoms with Crippen LogP contribution in [0.3, 0.4) is 0 Å². The molecule has 0 unspecified atom stereocenters. The predicted octanol–water partition coefficient (Wildman–Crippen LogP) is 3.74. The van der Waals surface area contributed by atoms with Crippen molar-refractivity contribution in [1.29, 1.82) is 0 Å². The Kier molecular flexibility index (Phi) is 3.46. The molecular formula is C14H15S+. The molecule has 0 fully saturated rings. The van der Waals surface area contributed by atoms with Crippen LogP contribution in [0.1, 0.15) is 6.92 Å². The van der Waals surface area contributed by atoms with Gasteiger partial charge in [0.2, 0.25) is 0 Å². The van der Waals surface area contributed by atoms with Crippen LogP contribution in [0.2, 0.25) is 0 Å². The zero-order chi connectivity index (χ0) is 10.5. The van der Waals surface area contributed by atoms with Gasteiger partial charge in [0.1, 0.15) is 5.75 Å². The van der Waals surface area contributed by atoms with Gasteiger partial charge in [0.15, 0.2) is 9.79 Å². The summed E-state index contributed by atoms with van der Waals surface area (Å²) >= 11 is 0. The van der Waals surface area contributed by atoms with Gasteiger partial charge in [-0.05, 0) is 31.2 Å². The lowest BCUT2D eigenvalue weighted by molar-refractivity contribution is 1.33. The van der Waals surface area contributed by atoms with E-state index < -0.39 is 0 Å². The highest BCUT2D eigenvalue weighted by Crippen LogP contribution is 2.22. The quantitative estimate of drug-likeness (QED) is 0.684. The van der Waals surface area contributed by atoms with Crippen molar-refractivity contribution >= 4 is 10.9 Å². The molecule has 2 aromatic carbocycles. The van der Waals surface area contributed by atoms with E-state index in [9.17, 15) is 0 Å². The molecule has 0 amide bonds. The van der Waals surface area contributed by atoms with Crippen LogP contribution in [-0.2, 0) is 10.9 Å². The van der Waals surface area contributed by atoms with Crippen molar-refractivity contribution in [3.8, 4) is 0 Å². The fourth-order valence-electron chi connectivity index (χ4n) is 1.64. The average Bonchev–Trinajstić information content (AvgIpc) is 2.33. The summed E-state index contributed by atoms with van der Waals surface area (Å²) in [5, 5.41) is 0. The standard InChI is InChI=1S/C14H15S/c1-2-15(13-9-5-3-6-10-13)14-11-7-4-8-12-14/h3-12H,2H2,1H3/q+1. The molecule has 0 nitrogen and oxygen atoms in total. The van der Waals surface area contributed by atoms with Crippen LogP contribution in [-0.4, -0.2) is 5.75 Å². The summed E-state index contributed by atoms with van der Waals surface area (Å²) in [4.78, 5) is 2.87. The fraction of sp³-hybridized carbons (Fsp3) is 0.143. The molecule has 0 atom stereocenters. The van der Waals surface area contributed by atoms with Crippen molar-refractivity contribution in [3.63, 3.8) is 0 Å². The molecule has 0 aliphatic rings. The normalized spacial score (nSPS) is 10.5. The van der Waals surface area contributed by atoms with E-state index in [0.29, 0.717) is 0 Å². The minimum absolute atomic E-state index is 0.242. The summed E-state index contributed by atoms with van der Waals surface area (Å²) in [5.74, 6) is 1.17. The molecule has 0 N–H and O–H groups in total. The Hall–Kier alpha value is -1.21. The maximum Gasteiger partial charge on any atom is 0.160 e. The Bertz CT molecular complexity index is 355. The van der Waals surface area contributed by atoms with Crippen molar-refractivity contribution in [3.05, 3.63) is 60.7 Å². The van der Waals surface area contributed by atoms with Gasteiger partial charge in [0.25, 0.3) is 0 Å². The Labute approximate surface area is 94.3 Å². The molecule has 1 heteroatoms. The first-order valence-corrected chi connectivity index (χ1v) is 6.62. The zero-order valence-electron chi connectivity index (χ0n) is 8.89. The lowest BCUT2D eigenvalue weighted by Gasteiger charge is -2.04. The minimum Gasteiger partial charge on any atom is -0.0619 e. The van der Waals surface area contributed by atoms with Gasteiger partial charge in [0, 0.05) is 0 Å². The van der Waals surface area contributed by atoms with Crippen LogP contribution in [0.15, 0.2) is 70.5 Å². The Morgan fingerprint density at radius 1 is 0.733 bits per heavy atom. The van der Waals surface area contributed by atoms with Crippen LogP contribution in [0.25, 0.3) is 0 Å². The molecule has 0 aliphatic heterocycles. The molecule has 2 aromatic rings. The average molecular weight is 215 g/mol. The summed E-state index contributed by atoms with van der Waals surface area (Å²) in [6.45, 7) is 2.25. The second-order valence-corrected chi connectivity index (χ2v) is 5.61. The molecule has 0 radical (unpaired) electrons. The SMILES string of the molecule is CC[S+](c1ccccc1)c1ccccc1. The van der Waals surface area contributed by atoms with Gasteiger partial charge >= 0.3 is 0 Å². The Morgan fingerprint density at radius 3 is 1.47 bits per heavy atom. The molecule has 15 heavy (non-hydrogen) atoms. The van der Waals surface area contributed by atoms with E-state index in [0.717, 1.165) is 0 Å².